The molecular weight excluding hydrogens is 301 g/mol. The molecule has 1 atom stereocenters. The Balaban J connectivity index is 2.48. The zero-order valence-corrected chi connectivity index (χ0v) is 11.2. The van der Waals surface area contributed by atoms with E-state index in [0.717, 1.165) is 10.7 Å². The van der Waals surface area contributed by atoms with E-state index in [9.17, 15) is 9.50 Å². The van der Waals surface area contributed by atoms with Gasteiger partial charge in [0.15, 0.2) is 0 Å². The molecule has 94 valence electrons. The molecule has 1 heterocycles. The minimum Gasteiger partial charge on any atom is -0.496 e. The van der Waals surface area contributed by atoms with E-state index in [1.165, 1.54) is 19.4 Å². The van der Waals surface area contributed by atoms with E-state index in [-0.39, 0.29) is 5.56 Å². The molecule has 1 aromatic heterocycles. The van der Waals surface area contributed by atoms with E-state index in [2.05, 4.69) is 20.9 Å². The predicted octanol–water partition coefficient (Wildman–Crippen LogP) is 3.07. The van der Waals surface area contributed by atoms with Crippen molar-refractivity contribution in [1.29, 1.82) is 0 Å². The van der Waals surface area contributed by atoms with Crippen molar-refractivity contribution < 1.29 is 14.2 Å². The van der Waals surface area contributed by atoms with Crippen molar-refractivity contribution >= 4 is 15.9 Å². The van der Waals surface area contributed by atoms with Crippen LogP contribution < -0.4 is 4.74 Å². The van der Waals surface area contributed by atoms with Gasteiger partial charge in [-0.3, -0.25) is 4.98 Å². The maximum absolute atomic E-state index is 13.6. The van der Waals surface area contributed by atoms with Crippen LogP contribution in [0.15, 0.2) is 41.1 Å². The van der Waals surface area contributed by atoms with Crippen LogP contribution in [0.5, 0.6) is 5.75 Å². The van der Waals surface area contributed by atoms with Crippen LogP contribution in [0.25, 0.3) is 0 Å². The number of hydrogen-bond acceptors (Lipinski definition) is 3. The van der Waals surface area contributed by atoms with Crippen LogP contribution in [0.4, 0.5) is 4.39 Å². The van der Waals surface area contributed by atoms with Gasteiger partial charge in [-0.15, -0.1) is 0 Å². The number of ether oxygens (including phenoxy) is 1. The maximum Gasteiger partial charge on any atom is 0.147 e. The molecule has 0 saturated heterocycles. The second-order valence-electron chi connectivity index (χ2n) is 3.69. The van der Waals surface area contributed by atoms with Crippen molar-refractivity contribution in [2.24, 2.45) is 0 Å². The first-order valence-corrected chi connectivity index (χ1v) is 6.03. The first kappa shape index (κ1) is 13.0. The van der Waals surface area contributed by atoms with Gasteiger partial charge in [0.25, 0.3) is 0 Å². The Morgan fingerprint density at radius 1 is 1.33 bits per heavy atom. The quantitative estimate of drug-likeness (QED) is 0.947. The van der Waals surface area contributed by atoms with Crippen LogP contribution in [-0.4, -0.2) is 17.2 Å². The van der Waals surface area contributed by atoms with E-state index in [4.69, 9.17) is 4.74 Å². The minimum absolute atomic E-state index is 0.168. The zero-order chi connectivity index (χ0) is 13.1. The zero-order valence-electron chi connectivity index (χ0n) is 9.60. The summed E-state index contributed by atoms with van der Waals surface area (Å²) in [7, 11) is 1.50. The minimum atomic E-state index is -1.10. The van der Waals surface area contributed by atoms with Crippen LogP contribution >= 0.6 is 15.9 Å². The topological polar surface area (TPSA) is 42.4 Å². The molecule has 0 fully saturated rings. The number of nitrogens with zero attached hydrogens (tertiary/aromatic N) is 1. The summed E-state index contributed by atoms with van der Waals surface area (Å²) < 4.78 is 19.5. The number of rotatable bonds is 3. The molecule has 2 rings (SSSR count). The van der Waals surface area contributed by atoms with Crippen molar-refractivity contribution in [1.82, 2.24) is 4.98 Å². The average Bonchev–Trinajstić information content (AvgIpc) is 2.38. The van der Waals surface area contributed by atoms with Crippen molar-refractivity contribution in [3.63, 3.8) is 0 Å². The first-order chi connectivity index (χ1) is 8.63. The summed E-state index contributed by atoms with van der Waals surface area (Å²) in [6, 6.07) is 6.64. The van der Waals surface area contributed by atoms with Gasteiger partial charge in [-0.25, -0.2) is 4.39 Å². The fraction of sp³-hybridized carbons (Fsp3) is 0.154. The molecule has 1 N–H and O–H groups in total. The predicted molar refractivity (Wildman–Crippen MR) is 69.0 cm³/mol. The van der Waals surface area contributed by atoms with Gasteiger partial charge in [-0.2, -0.15) is 0 Å². The highest BCUT2D eigenvalue weighted by Gasteiger charge is 2.19. The number of pyridine rings is 1. The Labute approximate surface area is 112 Å². The largest absolute Gasteiger partial charge is 0.496 e. The van der Waals surface area contributed by atoms with Gasteiger partial charge < -0.3 is 9.84 Å². The molecule has 0 aliphatic carbocycles. The standard InChI is InChI=1S/C13H11BrFNO2/c1-18-12-3-2-8(14)6-10(12)13(17)9-4-5-16-7-11(9)15/h2-7,13,17H,1H3. The Morgan fingerprint density at radius 2 is 2.11 bits per heavy atom. The number of halogens is 2. The highest BCUT2D eigenvalue weighted by molar-refractivity contribution is 9.10. The molecule has 2 aromatic rings. The summed E-state index contributed by atoms with van der Waals surface area (Å²) in [6.07, 6.45) is 1.41. The molecule has 1 aromatic carbocycles. The third-order valence-electron chi connectivity index (χ3n) is 2.58. The molecule has 1 unspecified atom stereocenters. The van der Waals surface area contributed by atoms with E-state index in [1.807, 2.05) is 0 Å². The molecule has 0 radical (unpaired) electrons. The lowest BCUT2D eigenvalue weighted by Gasteiger charge is -2.15. The lowest BCUT2D eigenvalue weighted by molar-refractivity contribution is 0.209. The lowest BCUT2D eigenvalue weighted by atomic mass is 10.0. The smallest absolute Gasteiger partial charge is 0.147 e. The van der Waals surface area contributed by atoms with Crippen molar-refractivity contribution in [2.45, 2.75) is 6.10 Å². The molecule has 3 nitrogen and oxygen atoms in total. The summed E-state index contributed by atoms with van der Waals surface area (Å²) >= 11 is 3.31. The molecule has 0 aliphatic heterocycles. The van der Waals surface area contributed by atoms with Gasteiger partial charge >= 0.3 is 0 Å². The summed E-state index contributed by atoms with van der Waals surface area (Å²) in [5, 5.41) is 10.2. The monoisotopic (exact) mass is 311 g/mol. The average molecular weight is 312 g/mol. The highest BCUT2D eigenvalue weighted by atomic mass is 79.9. The Kier molecular flexibility index (Phi) is 3.93. The Bertz CT molecular complexity index is 562. The molecule has 0 amide bonds. The summed E-state index contributed by atoms with van der Waals surface area (Å²) in [6.45, 7) is 0. The molecule has 0 bridgehead atoms. The maximum atomic E-state index is 13.6. The summed E-state index contributed by atoms with van der Waals surface area (Å²) in [5.41, 5.74) is 0.665. The third-order valence-corrected chi connectivity index (χ3v) is 3.08. The van der Waals surface area contributed by atoms with Gasteiger partial charge in [0, 0.05) is 21.8 Å². The van der Waals surface area contributed by atoms with E-state index < -0.39 is 11.9 Å². The molecule has 18 heavy (non-hydrogen) atoms. The van der Waals surface area contributed by atoms with Gasteiger partial charge in [0.2, 0.25) is 0 Å². The fourth-order valence-corrected chi connectivity index (χ4v) is 2.07. The van der Waals surface area contributed by atoms with Crippen LogP contribution in [0.1, 0.15) is 17.2 Å². The number of aliphatic hydroxyl groups excluding tert-OH is 1. The van der Waals surface area contributed by atoms with Crippen LogP contribution in [0.2, 0.25) is 0 Å². The van der Waals surface area contributed by atoms with Crippen LogP contribution in [-0.2, 0) is 0 Å². The number of hydrogen-bond donors (Lipinski definition) is 1. The highest BCUT2D eigenvalue weighted by Crippen LogP contribution is 2.32. The van der Waals surface area contributed by atoms with Gasteiger partial charge in [0.05, 0.1) is 13.3 Å². The van der Waals surface area contributed by atoms with Crippen LogP contribution in [0, 0.1) is 5.82 Å². The number of aliphatic hydroxyl groups is 1. The number of methoxy groups -OCH3 is 1. The van der Waals surface area contributed by atoms with Gasteiger partial charge in [-0.05, 0) is 24.3 Å². The van der Waals surface area contributed by atoms with Gasteiger partial charge in [-0.1, -0.05) is 15.9 Å². The van der Waals surface area contributed by atoms with E-state index in [1.54, 1.807) is 18.2 Å². The molecule has 5 heteroatoms. The van der Waals surface area contributed by atoms with Gasteiger partial charge in [0.1, 0.15) is 17.7 Å². The second kappa shape index (κ2) is 5.46. The fourth-order valence-electron chi connectivity index (χ4n) is 1.69. The van der Waals surface area contributed by atoms with Crippen molar-refractivity contribution in [2.75, 3.05) is 7.11 Å². The Hall–Kier alpha value is -1.46. The normalized spacial score (nSPS) is 12.2. The Morgan fingerprint density at radius 3 is 2.78 bits per heavy atom. The number of benzene rings is 1. The molecule has 0 spiro atoms. The van der Waals surface area contributed by atoms with E-state index in [0.29, 0.717) is 11.3 Å². The molecule has 0 saturated carbocycles. The third kappa shape index (κ3) is 2.52. The second-order valence-corrected chi connectivity index (χ2v) is 4.60. The lowest BCUT2D eigenvalue weighted by Crippen LogP contribution is -2.05. The van der Waals surface area contributed by atoms with Crippen molar-refractivity contribution in [3.05, 3.63) is 58.1 Å². The van der Waals surface area contributed by atoms with Crippen molar-refractivity contribution in [3.8, 4) is 5.75 Å². The molecular formula is C13H11BrFNO2. The summed E-state index contributed by atoms with van der Waals surface area (Å²) in [5.74, 6) is -0.0473. The number of aromatic nitrogens is 1. The van der Waals surface area contributed by atoms with Crippen LogP contribution in [0.3, 0.4) is 0 Å². The summed E-state index contributed by atoms with van der Waals surface area (Å²) in [4.78, 5) is 3.65. The van der Waals surface area contributed by atoms with E-state index >= 15 is 0 Å². The SMILES string of the molecule is COc1ccc(Br)cc1C(O)c1ccncc1F. The molecule has 0 aliphatic rings. The first-order valence-electron chi connectivity index (χ1n) is 5.24.